The minimum absolute atomic E-state index is 0.00829. The number of nitrogens with two attached hydrogens (primary N) is 12. The van der Waals surface area contributed by atoms with E-state index in [1.165, 1.54) is 23.8 Å². The number of nitrogen functional groups attached to an aromatic ring is 1. The van der Waals surface area contributed by atoms with Crippen LogP contribution in [-0.2, 0) is 86.3 Å². The summed E-state index contributed by atoms with van der Waals surface area (Å²) in [5.74, 6) is -1.01. The van der Waals surface area contributed by atoms with Gasteiger partial charge in [-0.05, 0) is 252 Å². The molecule has 29 nitrogen and oxygen atoms in total. The molecular formula is C106H154N12O17S. The first-order valence-corrected chi connectivity index (χ1v) is 47.2. The lowest BCUT2D eigenvalue weighted by atomic mass is 9.89. The van der Waals surface area contributed by atoms with Gasteiger partial charge in [0, 0.05) is 111 Å². The molecule has 0 aliphatic carbocycles. The molecule has 30 heteroatoms. The van der Waals surface area contributed by atoms with Gasteiger partial charge in [-0.1, -0.05) is 208 Å². The van der Waals surface area contributed by atoms with E-state index >= 15 is 0 Å². The van der Waals surface area contributed by atoms with Crippen LogP contribution in [-0.4, -0.2) is 146 Å². The molecule has 0 heterocycles. The number of carbonyl (C=O) groups excluding carboxylic acids is 9. The van der Waals surface area contributed by atoms with Crippen molar-refractivity contribution in [2.75, 3.05) is 64.6 Å². The Morgan fingerprint density at radius 1 is 0.309 bits per heavy atom. The van der Waals surface area contributed by atoms with E-state index in [1.807, 2.05) is 184 Å². The highest BCUT2D eigenvalue weighted by Gasteiger charge is 2.25. The lowest BCUT2D eigenvalue weighted by Crippen LogP contribution is -2.16. The van der Waals surface area contributed by atoms with Gasteiger partial charge in [0.05, 0.1) is 11.1 Å². The summed E-state index contributed by atoms with van der Waals surface area (Å²) >= 11 is 0. The van der Waals surface area contributed by atoms with Crippen LogP contribution in [0.3, 0.4) is 0 Å². The zero-order valence-corrected chi connectivity index (χ0v) is 84.0. The summed E-state index contributed by atoms with van der Waals surface area (Å²) < 4.78 is 30.1. The first-order chi connectivity index (χ1) is 64.1. The lowest BCUT2D eigenvalue weighted by Gasteiger charge is -2.15. The standard InChI is InChI=1S/C15H24N2O.C14H22N2O.2C13H20N2O.3C13H17NO3.C12H17NO.O3S/c1-11(2)15(18)14-7-3-5-12(6-4-9-16)13(14)8-10-17;1-9(2)14(17)13-10(3)6-11(8-16)7-12(13)4-5-15;1-8(2)13(16)12-7-10(15)6-9(3)11(12)4-5-14;1-9(2)13(16)12-4-3-10(8-15)7-11(12)5-6-14;1-9(2)13(16)12-7-11(17-8-15)4-3-10(12)5-6-14;1-8(2)12(15)11-4-3-10(13(16)17)7-9(11)5-6-14;1-8(2)12(15)10-4-3-5-11(13(16)17)9(10)6-7-14;1-9(2)12(14)11-6-4-3-5-10(11)7-8-13;1-4(2)3/h3,5,7,11H,4,6,8-10,16-17H2,1-2H3;6-7,9H,4-5,8,15-16H2,1-3H3;6-8H,4-5,14-15H2,1-3H3;3-4,7,9H,5-6,8,14-15H2,1-2H3;3-4,7-9H,5-6,14H2,1-2H3;3-4,7-8H,5-6,14H2,1-2H3,(H,16,17);3-5,8H,6-7,14H2,1-2H3,(H,16,17);3-6,9H,7-8,13H2,1-2H3;. The number of carboxylic acids is 2. The van der Waals surface area contributed by atoms with Gasteiger partial charge in [-0.2, -0.15) is 0 Å². The molecule has 0 aliphatic heterocycles. The van der Waals surface area contributed by atoms with Crippen LogP contribution in [0.15, 0.2) is 140 Å². The minimum Gasteiger partial charge on any atom is -0.478 e. The van der Waals surface area contributed by atoms with Crippen LogP contribution in [0.2, 0.25) is 0 Å². The predicted molar refractivity (Wildman–Crippen MR) is 544 cm³/mol. The van der Waals surface area contributed by atoms with Crippen molar-refractivity contribution in [3.8, 4) is 5.75 Å². The first kappa shape index (κ1) is 125. The van der Waals surface area contributed by atoms with Crippen molar-refractivity contribution in [3.63, 3.8) is 0 Å². The first-order valence-electron chi connectivity index (χ1n) is 46.2. The van der Waals surface area contributed by atoms with Gasteiger partial charge in [-0.15, -0.1) is 12.6 Å². The highest BCUT2D eigenvalue weighted by atomic mass is 32.2. The summed E-state index contributed by atoms with van der Waals surface area (Å²) in [6, 6.07) is 41.5. The molecule has 0 aromatic heterocycles. The van der Waals surface area contributed by atoms with E-state index in [2.05, 4.69) is 6.07 Å². The van der Waals surface area contributed by atoms with Crippen LogP contribution >= 0.6 is 0 Å². The molecule has 0 unspecified atom stereocenters. The Bertz CT molecular complexity index is 5310. The van der Waals surface area contributed by atoms with E-state index in [1.54, 1.807) is 56.3 Å². The summed E-state index contributed by atoms with van der Waals surface area (Å²) in [7, 11) is -3.11. The van der Waals surface area contributed by atoms with Crippen molar-refractivity contribution in [1.29, 1.82) is 0 Å². The third kappa shape index (κ3) is 42.8. The average molecular weight is 1900 g/mol. The summed E-state index contributed by atoms with van der Waals surface area (Å²) in [5.41, 5.74) is 86.4. The fourth-order valence-electron chi connectivity index (χ4n) is 14.2. The Labute approximate surface area is 807 Å². The smallest absolute Gasteiger partial charge is 0.425 e. The van der Waals surface area contributed by atoms with E-state index in [0.29, 0.717) is 137 Å². The SMILES string of the molecule is CC(C)C(=O)c1cc(OC=O)ccc1CCN.CC(C)C(=O)c1ccc(C(=O)O)cc1CCN.CC(C)C(=O)c1ccc(CN)cc1CCN.CC(C)C(=O)c1cccc(C(=O)O)c1CCN.CC(C)C(=O)c1cccc(CCCN)c1CCN.CC(C)C(=O)c1ccccc1CCN.Cc1cc(CN)cc(CCN)c1C(=O)C(C)C.Cc1cc(N)cc(C(=O)C(C)C)c1CCN.O=S(=O)=O. The number of aryl methyl sites for hydroxylation is 3. The predicted octanol–water partition coefficient (Wildman–Crippen LogP) is 13.1. The van der Waals surface area contributed by atoms with E-state index in [-0.39, 0.29) is 105 Å². The molecule has 26 N–H and O–H groups in total. The average Bonchev–Trinajstić information content (AvgIpc) is 0.861. The van der Waals surface area contributed by atoms with Crippen molar-refractivity contribution in [2.45, 2.75) is 202 Å². The van der Waals surface area contributed by atoms with Gasteiger partial charge in [0.25, 0.3) is 6.47 Å². The van der Waals surface area contributed by atoms with Gasteiger partial charge in [-0.25, -0.2) is 9.59 Å². The molecule has 0 atom stereocenters. The molecule has 0 amide bonds. The quantitative estimate of drug-likeness (QED) is 0.00961. The number of rotatable bonds is 41. The van der Waals surface area contributed by atoms with Crippen LogP contribution in [0.5, 0.6) is 5.75 Å². The van der Waals surface area contributed by atoms with Crippen molar-refractivity contribution in [1.82, 2.24) is 0 Å². The number of hydrogen-bond donors (Lipinski definition) is 14. The fraction of sp³-hybridized carbons (Fsp3) is 0.443. The maximum atomic E-state index is 12.2. The highest BCUT2D eigenvalue weighted by molar-refractivity contribution is 7.59. The Morgan fingerprint density at radius 2 is 0.669 bits per heavy atom. The largest absolute Gasteiger partial charge is 0.478 e. The molecule has 8 aromatic carbocycles. The maximum absolute atomic E-state index is 12.2. The van der Waals surface area contributed by atoms with Gasteiger partial charge >= 0.3 is 22.5 Å². The highest BCUT2D eigenvalue weighted by Crippen LogP contribution is 2.28. The molecular weight excluding hydrogens is 1750 g/mol. The molecule has 136 heavy (non-hydrogen) atoms. The van der Waals surface area contributed by atoms with Crippen LogP contribution in [0.25, 0.3) is 0 Å². The molecule has 0 spiro atoms. The second-order valence-electron chi connectivity index (χ2n) is 34.7. The van der Waals surface area contributed by atoms with Crippen molar-refractivity contribution in [3.05, 3.63) is 267 Å². The van der Waals surface area contributed by atoms with Gasteiger partial charge in [0.15, 0.2) is 46.3 Å². The second-order valence-corrected chi connectivity index (χ2v) is 35.1. The van der Waals surface area contributed by atoms with E-state index in [0.717, 1.165) is 128 Å². The Kier molecular flexibility index (Phi) is 61.2. The summed E-state index contributed by atoms with van der Waals surface area (Å²) in [6.07, 6.45) is 7.11. The zero-order valence-electron chi connectivity index (χ0n) is 83.2. The minimum atomic E-state index is -3.11. The normalized spacial score (nSPS) is 10.6. The summed E-state index contributed by atoms with van der Waals surface area (Å²) in [5, 5.41) is 18.0. The molecule has 8 rings (SSSR count). The topological polar surface area (TPSA) is 601 Å². The number of hydrogen-bond acceptors (Lipinski definition) is 27. The Balaban J connectivity index is 0.00000152. The third-order valence-corrected chi connectivity index (χ3v) is 21.1. The van der Waals surface area contributed by atoms with Gasteiger partial charge in [0.1, 0.15) is 5.75 Å². The molecule has 0 saturated carbocycles. The number of ketones is 8. The van der Waals surface area contributed by atoms with Crippen LogP contribution in [0, 0.1) is 61.2 Å². The van der Waals surface area contributed by atoms with Crippen LogP contribution in [0.4, 0.5) is 5.69 Å². The van der Waals surface area contributed by atoms with Crippen molar-refractivity contribution < 1.29 is 80.3 Å². The van der Waals surface area contributed by atoms with Gasteiger partial charge < -0.3 is 83.8 Å². The maximum Gasteiger partial charge on any atom is 0.425 e. The number of ether oxygens (including phenoxy) is 1. The molecule has 0 radical (unpaired) electrons. The van der Waals surface area contributed by atoms with E-state index in [4.69, 9.17) is 96.4 Å². The van der Waals surface area contributed by atoms with Gasteiger partial charge in [0.2, 0.25) is 0 Å². The molecule has 0 saturated heterocycles. The zero-order chi connectivity index (χ0) is 104. The van der Waals surface area contributed by atoms with E-state index < -0.39 is 22.5 Å². The number of anilines is 1. The number of benzene rings is 8. The number of carbonyl (C=O) groups is 11. The number of carboxylic acid groups (broad SMARTS) is 2. The summed E-state index contributed by atoms with van der Waals surface area (Å²) in [6.45, 7) is 40.0. The van der Waals surface area contributed by atoms with Crippen LogP contribution in [0.1, 0.15) is 293 Å². The molecule has 0 bridgehead atoms. The fourth-order valence-corrected chi connectivity index (χ4v) is 14.2. The Hall–Kier alpha value is -11.5. The van der Waals surface area contributed by atoms with Crippen molar-refractivity contribution in [2.24, 2.45) is 110 Å². The number of Topliss-reactive ketones (excluding diaryl/α,β-unsaturated/α-hetero) is 8. The monoisotopic (exact) mass is 1900 g/mol. The molecule has 8 aromatic rings. The van der Waals surface area contributed by atoms with Crippen LogP contribution < -0.4 is 73.5 Å². The van der Waals surface area contributed by atoms with Crippen molar-refractivity contribution >= 4 is 81.0 Å². The molecule has 746 valence electrons. The van der Waals surface area contributed by atoms with Gasteiger partial charge in [-0.3, -0.25) is 43.2 Å². The summed E-state index contributed by atoms with van der Waals surface area (Å²) in [4.78, 5) is 128. The molecule has 0 fully saturated rings. The molecule has 0 aliphatic rings. The van der Waals surface area contributed by atoms with E-state index in [9.17, 15) is 52.7 Å². The lowest BCUT2D eigenvalue weighted by molar-refractivity contribution is -0.120. The number of aromatic carboxylic acids is 2. The second kappa shape index (κ2) is 66.9. The Morgan fingerprint density at radius 3 is 1.11 bits per heavy atom. The third-order valence-electron chi connectivity index (χ3n) is 21.1.